The van der Waals surface area contributed by atoms with Gasteiger partial charge in [-0.25, -0.2) is 14.8 Å². The van der Waals surface area contributed by atoms with E-state index >= 15 is 0 Å². The van der Waals surface area contributed by atoms with Gasteiger partial charge in [-0.15, -0.1) is 0 Å². The number of hydrogen-bond donors (Lipinski definition) is 2. The highest BCUT2D eigenvalue weighted by Crippen LogP contribution is 2.37. The van der Waals surface area contributed by atoms with Crippen LogP contribution in [0.1, 0.15) is 63.0 Å². The third kappa shape index (κ3) is 3.60. The van der Waals surface area contributed by atoms with Crippen LogP contribution in [0.15, 0.2) is 0 Å². The maximum absolute atomic E-state index is 11.1. The molecule has 2 N–H and O–H groups in total. The molecule has 2 aliphatic carbocycles. The van der Waals surface area contributed by atoms with Gasteiger partial charge in [0.2, 0.25) is 0 Å². The summed E-state index contributed by atoms with van der Waals surface area (Å²) in [6, 6.07) is 0. The summed E-state index contributed by atoms with van der Waals surface area (Å²) in [4.78, 5) is 20.4. The second-order valence-corrected chi connectivity index (χ2v) is 8.15. The number of nitrogens with zero attached hydrogens (tertiary/aromatic N) is 2. The molecule has 3 rings (SSSR count). The van der Waals surface area contributed by atoms with E-state index in [0.717, 1.165) is 56.2 Å². The second-order valence-electron chi connectivity index (χ2n) is 7.79. The first-order chi connectivity index (χ1) is 10.8. The molecular formula is C17H24ClN3O2. The van der Waals surface area contributed by atoms with Crippen molar-refractivity contribution in [3.63, 3.8) is 0 Å². The Hall–Kier alpha value is -1.36. The van der Waals surface area contributed by atoms with Gasteiger partial charge in [0, 0.05) is 17.7 Å². The van der Waals surface area contributed by atoms with Gasteiger partial charge in [0.25, 0.3) is 0 Å². The van der Waals surface area contributed by atoms with Crippen LogP contribution in [-0.4, -0.2) is 26.7 Å². The van der Waals surface area contributed by atoms with Gasteiger partial charge in [-0.3, -0.25) is 0 Å². The lowest BCUT2D eigenvalue weighted by Crippen LogP contribution is -2.47. The Bertz CT molecular complexity index is 625. The summed E-state index contributed by atoms with van der Waals surface area (Å²) in [7, 11) is 0. The van der Waals surface area contributed by atoms with Crippen LogP contribution < -0.4 is 5.32 Å². The molecule has 0 atom stereocenters. The van der Waals surface area contributed by atoms with Gasteiger partial charge in [-0.05, 0) is 37.5 Å². The SMILES string of the molecule is CC1(C)CCc2nc(CC3(NC(=O)O)CCCC3)nc(Cl)c2C1. The molecular weight excluding hydrogens is 314 g/mol. The summed E-state index contributed by atoms with van der Waals surface area (Å²) in [5.41, 5.74) is 1.91. The van der Waals surface area contributed by atoms with Crippen LogP contribution in [0.4, 0.5) is 4.79 Å². The van der Waals surface area contributed by atoms with Gasteiger partial charge < -0.3 is 10.4 Å². The predicted octanol–water partition coefficient (Wildman–Crippen LogP) is 3.77. The topological polar surface area (TPSA) is 75.1 Å². The molecule has 0 radical (unpaired) electrons. The highest BCUT2D eigenvalue weighted by Gasteiger charge is 2.37. The molecule has 1 aromatic rings. The van der Waals surface area contributed by atoms with E-state index in [1.165, 1.54) is 0 Å². The summed E-state index contributed by atoms with van der Waals surface area (Å²) in [5, 5.41) is 12.4. The standard InChI is InChI=1S/C17H24ClN3O2/c1-16(2)8-5-12-11(9-16)14(18)20-13(19-12)10-17(21-15(22)23)6-3-4-7-17/h21H,3-10H2,1-2H3,(H,22,23). The van der Waals surface area contributed by atoms with Crippen LogP contribution in [-0.2, 0) is 19.3 Å². The molecule has 1 amide bonds. The van der Waals surface area contributed by atoms with Gasteiger partial charge in [0.05, 0.1) is 5.54 Å². The van der Waals surface area contributed by atoms with Crippen LogP contribution in [0.5, 0.6) is 0 Å². The molecule has 0 unspecified atom stereocenters. The van der Waals surface area contributed by atoms with Crippen molar-refractivity contribution >= 4 is 17.7 Å². The average molecular weight is 338 g/mol. The van der Waals surface area contributed by atoms with E-state index in [2.05, 4.69) is 24.1 Å². The monoisotopic (exact) mass is 337 g/mol. The lowest BCUT2D eigenvalue weighted by Gasteiger charge is -2.32. The molecule has 6 heteroatoms. The highest BCUT2D eigenvalue weighted by molar-refractivity contribution is 6.30. The summed E-state index contributed by atoms with van der Waals surface area (Å²) in [5.74, 6) is 0.670. The summed E-state index contributed by atoms with van der Waals surface area (Å²) >= 11 is 6.42. The normalized spacial score (nSPS) is 21.7. The summed E-state index contributed by atoms with van der Waals surface area (Å²) in [6.45, 7) is 4.48. The fraction of sp³-hybridized carbons (Fsp3) is 0.706. The Kier molecular flexibility index (Phi) is 4.25. The third-order valence-electron chi connectivity index (χ3n) is 5.21. The molecule has 0 aliphatic heterocycles. The van der Waals surface area contributed by atoms with E-state index in [1.54, 1.807) is 0 Å². The van der Waals surface area contributed by atoms with E-state index in [9.17, 15) is 4.79 Å². The van der Waals surface area contributed by atoms with Crippen molar-refractivity contribution < 1.29 is 9.90 Å². The molecule has 5 nitrogen and oxygen atoms in total. The Labute approximate surface area is 141 Å². The fourth-order valence-electron chi connectivity index (χ4n) is 3.96. The van der Waals surface area contributed by atoms with Crippen LogP contribution >= 0.6 is 11.6 Å². The maximum Gasteiger partial charge on any atom is 0.405 e. The quantitative estimate of drug-likeness (QED) is 0.823. The van der Waals surface area contributed by atoms with Gasteiger partial charge in [-0.1, -0.05) is 38.3 Å². The minimum atomic E-state index is -0.974. The number of carbonyl (C=O) groups is 1. The first-order valence-electron chi connectivity index (χ1n) is 8.34. The van der Waals surface area contributed by atoms with E-state index in [-0.39, 0.29) is 5.41 Å². The van der Waals surface area contributed by atoms with Gasteiger partial charge in [-0.2, -0.15) is 0 Å². The molecule has 1 saturated carbocycles. The minimum Gasteiger partial charge on any atom is -0.465 e. The summed E-state index contributed by atoms with van der Waals surface area (Å²) in [6.07, 6.45) is 6.20. The maximum atomic E-state index is 11.1. The van der Waals surface area contributed by atoms with Crippen LogP contribution in [0.3, 0.4) is 0 Å². The Morgan fingerprint density at radius 2 is 1.96 bits per heavy atom. The number of hydrogen-bond acceptors (Lipinski definition) is 3. The molecule has 1 heterocycles. The van der Waals surface area contributed by atoms with E-state index in [1.807, 2.05) is 0 Å². The lowest BCUT2D eigenvalue weighted by molar-refractivity contribution is 0.176. The number of amides is 1. The van der Waals surface area contributed by atoms with E-state index in [4.69, 9.17) is 21.7 Å². The zero-order valence-corrected chi connectivity index (χ0v) is 14.5. The first-order valence-corrected chi connectivity index (χ1v) is 8.72. The molecule has 1 aromatic heterocycles. The fourth-order valence-corrected chi connectivity index (χ4v) is 4.23. The van der Waals surface area contributed by atoms with Crippen LogP contribution in [0.25, 0.3) is 0 Å². The Balaban J connectivity index is 1.87. The number of nitrogens with one attached hydrogen (secondary N) is 1. The molecule has 0 aromatic carbocycles. The number of aromatic nitrogens is 2. The lowest BCUT2D eigenvalue weighted by atomic mass is 9.76. The number of rotatable bonds is 3. The number of carboxylic acid groups (broad SMARTS) is 1. The third-order valence-corrected chi connectivity index (χ3v) is 5.52. The van der Waals surface area contributed by atoms with E-state index in [0.29, 0.717) is 17.4 Å². The van der Waals surface area contributed by atoms with Crippen molar-refractivity contribution in [2.75, 3.05) is 0 Å². The molecule has 0 saturated heterocycles. The van der Waals surface area contributed by atoms with Gasteiger partial charge >= 0.3 is 6.09 Å². The van der Waals surface area contributed by atoms with Gasteiger partial charge in [0.15, 0.2) is 0 Å². The Morgan fingerprint density at radius 1 is 1.26 bits per heavy atom. The zero-order valence-electron chi connectivity index (χ0n) is 13.8. The molecule has 1 fully saturated rings. The second kappa shape index (κ2) is 5.93. The number of aryl methyl sites for hydroxylation is 1. The van der Waals surface area contributed by atoms with E-state index < -0.39 is 11.6 Å². The number of fused-ring (bicyclic) bond motifs is 1. The van der Waals surface area contributed by atoms with Crippen LogP contribution in [0.2, 0.25) is 5.15 Å². The molecule has 2 aliphatic rings. The average Bonchev–Trinajstić information content (AvgIpc) is 2.86. The van der Waals surface area contributed by atoms with Crippen molar-refractivity contribution in [2.24, 2.45) is 5.41 Å². The first kappa shape index (κ1) is 16.5. The Morgan fingerprint density at radius 3 is 2.61 bits per heavy atom. The molecule has 126 valence electrons. The predicted molar refractivity (Wildman–Crippen MR) is 88.9 cm³/mol. The summed E-state index contributed by atoms with van der Waals surface area (Å²) < 4.78 is 0. The van der Waals surface area contributed by atoms with Crippen molar-refractivity contribution in [3.8, 4) is 0 Å². The number of halogens is 1. The smallest absolute Gasteiger partial charge is 0.405 e. The molecule has 0 bridgehead atoms. The molecule has 23 heavy (non-hydrogen) atoms. The highest BCUT2D eigenvalue weighted by atomic mass is 35.5. The van der Waals surface area contributed by atoms with Crippen LogP contribution in [0, 0.1) is 5.41 Å². The van der Waals surface area contributed by atoms with Crippen molar-refractivity contribution in [1.29, 1.82) is 0 Å². The largest absolute Gasteiger partial charge is 0.465 e. The van der Waals surface area contributed by atoms with Gasteiger partial charge in [0.1, 0.15) is 11.0 Å². The minimum absolute atomic E-state index is 0.235. The van der Waals surface area contributed by atoms with Crippen molar-refractivity contribution in [2.45, 2.75) is 70.8 Å². The zero-order chi connectivity index (χ0) is 16.7. The van der Waals surface area contributed by atoms with Crippen molar-refractivity contribution in [1.82, 2.24) is 15.3 Å². The molecule has 0 spiro atoms. The van der Waals surface area contributed by atoms with Crippen molar-refractivity contribution in [3.05, 3.63) is 22.2 Å².